The van der Waals surface area contributed by atoms with Gasteiger partial charge in [0.05, 0.1) is 31.7 Å². The second kappa shape index (κ2) is 41.8. The maximum absolute atomic E-state index is 13.9. The Morgan fingerprint density at radius 3 is 1.27 bits per heavy atom. The number of hydrogen-bond donors (Lipinski definition) is 19. The first-order chi connectivity index (χ1) is 40.3. The Bertz CT molecular complexity index is 2240. The molecule has 0 radical (unpaired) electrons. The first-order valence-electron chi connectivity index (χ1n) is 29.3. The number of carboxylic acid groups (broad SMARTS) is 1. The Kier molecular flexibility index (Phi) is 38.4. The van der Waals surface area contributed by atoms with Crippen molar-refractivity contribution in [2.45, 2.75) is 212 Å². The molecule has 0 bridgehead atoms. The Morgan fingerprint density at radius 1 is 0.430 bits per heavy atom. The lowest BCUT2D eigenvalue weighted by Gasteiger charge is -2.29. The van der Waals surface area contributed by atoms with Crippen molar-refractivity contribution >= 4 is 76.9 Å². The quantitative estimate of drug-likeness (QED) is 0.0252. The van der Waals surface area contributed by atoms with E-state index >= 15 is 0 Å². The number of nitrogens with one attached hydrogen (secondary N) is 11. The molecule has 0 saturated carbocycles. The van der Waals surface area contributed by atoms with E-state index in [1.165, 1.54) is 13.8 Å². The maximum Gasteiger partial charge on any atom is 0.305 e. The summed E-state index contributed by atoms with van der Waals surface area (Å²) in [5.74, 6) is -14.2. The Morgan fingerprint density at radius 2 is 0.814 bits per heavy atom. The average molecular weight is 1230 g/mol. The Hall–Kier alpha value is -7.13. The zero-order chi connectivity index (χ0) is 66.0. The topological polar surface area (TPSA) is 545 Å². The van der Waals surface area contributed by atoms with E-state index in [0.29, 0.717) is 57.9 Å². The SMILES string of the molecule is CC[C@H](C)[C@H](NC(=O)[C@H](C)NC(=O)[C@H](CCCCN)NC(=O)[C@@H](NC(=O)[C@H](CO)NC(=O)[C@@H](NC(=O)[C@H](C)NC(=O)[C@H](CC(=O)O)NC(=O)[C@@H](NC(=O)[C@H](CCCCN)NC(=O)CNC(=O)[C@@H](N)CCCCN)[C@@H](C)O)[C@@H](C)CC)C(C)C)C(N)=O. The summed E-state index contributed by atoms with van der Waals surface area (Å²) < 4.78 is 0. The van der Waals surface area contributed by atoms with Gasteiger partial charge in [0.2, 0.25) is 70.9 Å². The van der Waals surface area contributed by atoms with Gasteiger partial charge >= 0.3 is 5.97 Å². The van der Waals surface area contributed by atoms with Gasteiger partial charge in [0.15, 0.2) is 0 Å². The van der Waals surface area contributed by atoms with Crippen LogP contribution in [-0.4, -0.2) is 198 Å². The van der Waals surface area contributed by atoms with Crippen LogP contribution >= 0.6 is 0 Å². The van der Waals surface area contributed by atoms with Crippen molar-refractivity contribution in [3.63, 3.8) is 0 Å². The number of amides is 12. The molecule has 0 fully saturated rings. The predicted octanol–water partition coefficient (Wildman–Crippen LogP) is -6.21. The van der Waals surface area contributed by atoms with Crippen LogP contribution in [0.25, 0.3) is 0 Å². The number of aliphatic hydroxyl groups excluding tert-OH is 2. The predicted molar refractivity (Wildman–Crippen MR) is 314 cm³/mol. The fourth-order valence-corrected chi connectivity index (χ4v) is 8.26. The van der Waals surface area contributed by atoms with Crippen LogP contribution in [0.15, 0.2) is 0 Å². The largest absolute Gasteiger partial charge is 0.481 e. The summed E-state index contributed by atoms with van der Waals surface area (Å²) in [6.45, 7) is 12.9. The number of aliphatic hydroxyl groups is 2. The first-order valence-corrected chi connectivity index (χ1v) is 29.3. The van der Waals surface area contributed by atoms with Gasteiger partial charge in [-0.05, 0) is 110 Å². The van der Waals surface area contributed by atoms with Crippen LogP contribution in [0.5, 0.6) is 0 Å². The van der Waals surface area contributed by atoms with Crippen molar-refractivity contribution in [3.05, 3.63) is 0 Å². The smallest absolute Gasteiger partial charge is 0.305 e. The highest BCUT2D eigenvalue weighted by Crippen LogP contribution is 2.13. The normalized spacial score (nSPS) is 16.1. The average Bonchev–Trinajstić information content (AvgIpc) is 3.20. The van der Waals surface area contributed by atoms with Crippen LogP contribution in [0.2, 0.25) is 0 Å². The van der Waals surface area contributed by atoms with Crippen LogP contribution in [0.3, 0.4) is 0 Å². The zero-order valence-corrected chi connectivity index (χ0v) is 51.2. The monoisotopic (exact) mass is 1230 g/mol. The maximum atomic E-state index is 13.9. The van der Waals surface area contributed by atoms with Crippen molar-refractivity contribution < 1.29 is 77.6 Å². The van der Waals surface area contributed by atoms with Crippen molar-refractivity contribution in [1.82, 2.24) is 58.5 Å². The second-order valence-electron chi connectivity index (χ2n) is 21.8. The molecule has 0 aliphatic carbocycles. The zero-order valence-electron chi connectivity index (χ0n) is 51.2. The van der Waals surface area contributed by atoms with Gasteiger partial charge in [-0.15, -0.1) is 0 Å². The molecule has 24 N–H and O–H groups in total. The molecule has 0 aromatic carbocycles. The second-order valence-corrected chi connectivity index (χ2v) is 21.8. The minimum Gasteiger partial charge on any atom is -0.481 e. The highest BCUT2D eigenvalue weighted by Gasteiger charge is 2.38. The number of nitrogens with two attached hydrogens (primary N) is 5. The highest BCUT2D eigenvalue weighted by atomic mass is 16.4. The lowest BCUT2D eigenvalue weighted by Crippen LogP contribution is -2.62. The minimum atomic E-state index is -1.94. The standard InChI is InChI=1S/C54H100N16O16/c1-10-28(5)41(44(59)76)68-45(77)30(7)61-48(80)35(20-14-17-23-57)64-52(84)40(27(3)4)67-51(83)37(26-71)66-53(85)42(29(6)11-2)69-46(78)31(8)62-50(82)36(24-39(74)75)65-54(86)43(32(9)72)70-49(81)34(19-13-16-22-56)63-38(73)25-60-47(79)33(58)18-12-15-21-55/h27-37,40-43,71-72H,10-26,55-58H2,1-9H3,(H2,59,76)(H,60,79)(H,61,80)(H,62,82)(H,63,73)(H,64,84)(H,65,86)(H,66,85)(H,67,83)(H,68,77)(H,69,78)(H,70,81)(H,74,75)/t28-,29-,30-,31-,32+,33-,34-,35-,36-,37-,40-,41-,42-,43-/m0/s1. The summed E-state index contributed by atoms with van der Waals surface area (Å²) in [5.41, 5.74) is 28.1. The molecule has 32 nitrogen and oxygen atoms in total. The van der Waals surface area contributed by atoms with Crippen LogP contribution in [0.1, 0.15) is 139 Å². The Labute approximate surface area is 502 Å². The summed E-state index contributed by atoms with van der Waals surface area (Å²) in [4.78, 5) is 172. The van der Waals surface area contributed by atoms with E-state index in [-0.39, 0.29) is 38.3 Å². The van der Waals surface area contributed by atoms with Gasteiger partial charge in [-0.2, -0.15) is 0 Å². The van der Waals surface area contributed by atoms with Crippen LogP contribution in [0.4, 0.5) is 0 Å². The molecule has 0 aliphatic heterocycles. The molecule has 0 aliphatic rings. The van der Waals surface area contributed by atoms with Crippen molar-refractivity contribution in [1.29, 1.82) is 0 Å². The molecule has 14 atom stereocenters. The fraction of sp³-hybridized carbons (Fsp3) is 0.759. The van der Waals surface area contributed by atoms with Crippen LogP contribution in [-0.2, 0) is 62.3 Å². The molecule has 12 amide bonds. The number of hydrogen-bond acceptors (Lipinski definition) is 19. The molecular formula is C54H100N16O16. The summed E-state index contributed by atoms with van der Waals surface area (Å²) in [5, 5.41) is 57.3. The van der Waals surface area contributed by atoms with E-state index < -0.39 is 181 Å². The number of primary amides is 1. The van der Waals surface area contributed by atoms with E-state index in [2.05, 4.69) is 58.5 Å². The molecule has 0 spiro atoms. The molecule has 32 heteroatoms. The first kappa shape index (κ1) is 78.9. The number of carbonyl (C=O) groups is 13. The van der Waals surface area contributed by atoms with Gasteiger partial charge in [0.25, 0.3) is 0 Å². The van der Waals surface area contributed by atoms with Crippen LogP contribution < -0.4 is 87.2 Å². The number of aliphatic carboxylic acids is 1. The third kappa shape index (κ3) is 29.3. The molecule has 492 valence electrons. The van der Waals surface area contributed by atoms with Gasteiger partial charge in [-0.3, -0.25) is 62.3 Å². The molecule has 0 aromatic rings. The number of unbranched alkanes of at least 4 members (excludes halogenated alkanes) is 3. The Balaban J connectivity index is 6.26. The third-order valence-corrected chi connectivity index (χ3v) is 14.2. The fourth-order valence-electron chi connectivity index (χ4n) is 8.26. The van der Waals surface area contributed by atoms with Gasteiger partial charge in [-0.1, -0.05) is 60.8 Å². The summed E-state index contributed by atoms with van der Waals surface area (Å²) >= 11 is 0. The van der Waals surface area contributed by atoms with Gasteiger partial charge in [-0.25, -0.2) is 0 Å². The number of carboxylic acids is 1. The molecule has 86 heavy (non-hydrogen) atoms. The van der Waals surface area contributed by atoms with E-state index in [0.717, 1.165) is 6.92 Å². The van der Waals surface area contributed by atoms with Crippen molar-refractivity contribution in [2.24, 2.45) is 46.4 Å². The van der Waals surface area contributed by atoms with Crippen molar-refractivity contribution in [3.8, 4) is 0 Å². The molecule has 0 heterocycles. The third-order valence-electron chi connectivity index (χ3n) is 14.2. The van der Waals surface area contributed by atoms with Crippen molar-refractivity contribution in [2.75, 3.05) is 32.8 Å². The molecule has 0 saturated heterocycles. The lowest BCUT2D eigenvalue weighted by molar-refractivity contribution is -0.142. The van der Waals surface area contributed by atoms with Crippen LogP contribution in [0, 0.1) is 17.8 Å². The van der Waals surface area contributed by atoms with E-state index in [1.54, 1.807) is 41.5 Å². The van der Waals surface area contributed by atoms with E-state index in [4.69, 9.17) is 28.7 Å². The van der Waals surface area contributed by atoms with Gasteiger partial charge in [0.1, 0.15) is 60.4 Å². The number of rotatable bonds is 44. The molecular weight excluding hydrogens is 1130 g/mol. The molecule has 0 unspecified atom stereocenters. The molecule has 0 aromatic heterocycles. The number of carbonyl (C=O) groups excluding carboxylic acids is 12. The van der Waals surface area contributed by atoms with E-state index in [1.807, 2.05) is 0 Å². The van der Waals surface area contributed by atoms with Gasteiger partial charge < -0.3 is 102 Å². The molecule has 0 rings (SSSR count). The van der Waals surface area contributed by atoms with E-state index in [9.17, 15) is 77.6 Å². The summed E-state index contributed by atoms with van der Waals surface area (Å²) in [6, 6.07) is -15.6. The lowest BCUT2D eigenvalue weighted by atomic mass is 9.97. The summed E-state index contributed by atoms with van der Waals surface area (Å²) in [7, 11) is 0. The highest BCUT2D eigenvalue weighted by molar-refractivity contribution is 6.00. The minimum absolute atomic E-state index is 0.00867. The summed E-state index contributed by atoms with van der Waals surface area (Å²) in [6.07, 6.45) is 1.16. The van der Waals surface area contributed by atoms with Gasteiger partial charge in [0, 0.05) is 0 Å².